The quantitative estimate of drug-likeness (QED) is 0.685. The molecule has 0 aliphatic carbocycles. The zero-order valence-corrected chi connectivity index (χ0v) is 11.4. The molecule has 0 unspecified atom stereocenters. The number of nitriles is 1. The third-order valence-corrected chi connectivity index (χ3v) is 3.58. The summed E-state index contributed by atoms with van der Waals surface area (Å²) in [6.07, 6.45) is 1.77. The van der Waals surface area contributed by atoms with Crippen molar-refractivity contribution in [2.75, 3.05) is 5.73 Å². The highest BCUT2D eigenvalue weighted by Gasteiger charge is 2.09. The Morgan fingerprint density at radius 3 is 2.60 bits per heavy atom. The largest absolute Gasteiger partial charge is 0.397 e. The molecular weight excluding hydrogens is 248 g/mol. The number of nitrogen functional groups attached to an aromatic ring is 1. The number of aryl methyl sites for hydroxylation is 2. The fourth-order valence-corrected chi connectivity index (χ4v) is 2.30. The third kappa shape index (κ3) is 1.81. The van der Waals surface area contributed by atoms with Gasteiger partial charge in [-0.25, -0.2) is 4.98 Å². The number of nitrogens with two attached hydrogens (primary N) is 1. The van der Waals surface area contributed by atoms with Gasteiger partial charge in [-0.05, 0) is 55.3 Å². The van der Waals surface area contributed by atoms with Crippen LogP contribution in [0, 0.1) is 25.2 Å². The topological polar surface area (TPSA) is 67.6 Å². The fraction of sp³-hybridized carbons (Fsp3) is 0.125. The summed E-state index contributed by atoms with van der Waals surface area (Å²) in [5.74, 6) is 0. The van der Waals surface area contributed by atoms with Gasteiger partial charge >= 0.3 is 0 Å². The summed E-state index contributed by atoms with van der Waals surface area (Å²) in [7, 11) is 0. The van der Waals surface area contributed by atoms with Crippen LogP contribution in [0.4, 0.5) is 5.69 Å². The van der Waals surface area contributed by atoms with Gasteiger partial charge in [0, 0.05) is 0 Å². The molecule has 98 valence electrons. The minimum atomic E-state index is 0.558. The first-order valence-corrected chi connectivity index (χ1v) is 6.34. The molecule has 0 atom stereocenters. The molecule has 20 heavy (non-hydrogen) atoms. The van der Waals surface area contributed by atoms with E-state index in [1.54, 1.807) is 18.5 Å². The van der Waals surface area contributed by atoms with Gasteiger partial charge in [0.2, 0.25) is 0 Å². The molecule has 0 aliphatic rings. The Kier molecular flexibility index (Phi) is 2.69. The maximum Gasteiger partial charge on any atom is 0.100 e. The number of fused-ring (bicyclic) bond motifs is 1. The number of nitrogens with zero attached hydrogens (tertiary/aromatic N) is 3. The molecule has 0 spiro atoms. The van der Waals surface area contributed by atoms with Crippen LogP contribution in [0.15, 0.2) is 36.7 Å². The summed E-state index contributed by atoms with van der Waals surface area (Å²) >= 11 is 0. The molecule has 0 aliphatic heterocycles. The lowest BCUT2D eigenvalue weighted by Crippen LogP contribution is -1.99. The van der Waals surface area contributed by atoms with Crippen LogP contribution in [-0.4, -0.2) is 9.55 Å². The van der Waals surface area contributed by atoms with Crippen molar-refractivity contribution in [3.63, 3.8) is 0 Å². The Bertz CT molecular complexity index is 853. The molecule has 3 aromatic rings. The Labute approximate surface area is 117 Å². The second kappa shape index (κ2) is 4.39. The third-order valence-electron chi connectivity index (χ3n) is 3.58. The molecule has 1 aromatic heterocycles. The average Bonchev–Trinajstić information content (AvgIpc) is 2.82. The van der Waals surface area contributed by atoms with Gasteiger partial charge < -0.3 is 5.73 Å². The lowest BCUT2D eigenvalue weighted by Gasteiger charge is -2.09. The molecule has 1 heterocycles. The van der Waals surface area contributed by atoms with E-state index in [0.29, 0.717) is 11.3 Å². The average molecular weight is 262 g/mol. The van der Waals surface area contributed by atoms with Gasteiger partial charge in [-0.15, -0.1) is 0 Å². The van der Waals surface area contributed by atoms with Gasteiger partial charge in [0.15, 0.2) is 0 Å². The smallest absolute Gasteiger partial charge is 0.100 e. The normalized spacial score (nSPS) is 10.7. The van der Waals surface area contributed by atoms with Gasteiger partial charge in [0.1, 0.15) is 6.33 Å². The molecule has 0 fully saturated rings. The van der Waals surface area contributed by atoms with Gasteiger partial charge in [0.05, 0.1) is 34.0 Å². The lowest BCUT2D eigenvalue weighted by molar-refractivity contribution is 1.09. The van der Waals surface area contributed by atoms with Gasteiger partial charge in [-0.1, -0.05) is 0 Å². The summed E-state index contributed by atoms with van der Waals surface area (Å²) in [5, 5.41) is 8.90. The van der Waals surface area contributed by atoms with Gasteiger partial charge in [-0.3, -0.25) is 4.57 Å². The van der Waals surface area contributed by atoms with E-state index in [0.717, 1.165) is 16.7 Å². The van der Waals surface area contributed by atoms with Crippen LogP contribution in [0.2, 0.25) is 0 Å². The second-order valence-electron chi connectivity index (χ2n) is 4.93. The molecule has 4 nitrogen and oxygen atoms in total. The number of imidazole rings is 1. The summed E-state index contributed by atoms with van der Waals surface area (Å²) in [6.45, 7) is 4.15. The van der Waals surface area contributed by atoms with Crippen molar-refractivity contribution >= 4 is 16.7 Å². The van der Waals surface area contributed by atoms with E-state index in [9.17, 15) is 0 Å². The number of benzene rings is 2. The van der Waals surface area contributed by atoms with Crippen LogP contribution >= 0.6 is 0 Å². The van der Waals surface area contributed by atoms with Crippen molar-refractivity contribution < 1.29 is 0 Å². The summed E-state index contributed by atoms with van der Waals surface area (Å²) in [4.78, 5) is 4.42. The predicted octanol–water partition coefficient (Wildman–Crippen LogP) is 3.10. The Morgan fingerprint density at radius 2 is 1.90 bits per heavy atom. The SMILES string of the molecule is Cc1cc2ncn(-c3ccc(C#N)cc3N)c2cc1C. The van der Waals surface area contributed by atoms with Crippen molar-refractivity contribution in [3.8, 4) is 11.8 Å². The highest BCUT2D eigenvalue weighted by molar-refractivity contribution is 5.81. The van der Waals surface area contributed by atoms with Crippen molar-refractivity contribution in [3.05, 3.63) is 53.3 Å². The highest BCUT2D eigenvalue weighted by atomic mass is 15.1. The maximum atomic E-state index is 8.90. The van der Waals surface area contributed by atoms with E-state index in [4.69, 9.17) is 11.0 Å². The Morgan fingerprint density at radius 1 is 1.15 bits per heavy atom. The predicted molar refractivity (Wildman–Crippen MR) is 79.7 cm³/mol. The molecule has 0 saturated heterocycles. The van der Waals surface area contributed by atoms with Crippen molar-refractivity contribution in [2.45, 2.75) is 13.8 Å². The number of anilines is 1. The van der Waals surface area contributed by atoms with Crippen LogP contribution in [0.3, 0.4) is 0 Å². The standard InChI is InChI=1S/C16H14N4/c1-10-5-14-16(6-11(10)2)20(9-19-14)15-4-3-12(8-17)7-13(15)18/h3-7,9H,18H2,1-2H3. The molecule has 3 rings (SSSR count). The summed E-state index contributed by atoms with van der Waals surface area (Å²) < 4.78 is 1.96. The van der Waals surface area contributed by atoms with E-state index >= 15 is 0 Å². The molecule has 0 radical (unpaired) electrons. The van der Waals surface area contributed by atoms with Crippen LogP contribution < -0.4 is 5.73 Å². The Balaban J connectivity index is 2.25. The molecule has 4 heteroatoms. The first kappa shape index (κ1) is 12.2. The first-order chi connectivity index (χ1) is 9.60. The number of hydrogen-bond donors (Lipinski definition) is 1. The van der Waals surface area contributed by atoms with Crippen LogP contribution in [0.25, 0.3) is 16.7 Å². The zero-order valence-electron chi connectivity index (χ0n) is 11.4. The molecule has 2 aromatic carbocycles. The molecule has 0 saturated carbocycles. The van der Waals surface area contributed by atoms with Gasteiger partial charge in [0.25, 0.3) is 0 Å². The number of aromatic nitrogens is 2. The first-order valence-electron chi connectivity index (χ1n) is 6.34. The highest BCUT2D eigenvalue weighted by Crippen LogP contribution is 2.25. The molecule has 0 amide bonds. The monoisotopic (exact) mass is 262 g/mol. The fourth-order valence-electron chi connectivity index (χ4n) is 2.30. The maximum absolute atomic E-state index is 8.90. The number of rotatable bonds is 1. The summed E-state index contributed by atoms with van der Waals surface area (Å²) in [6, 6.07) is 11.6. The lowest BCUT2D eigenvalue weighted by atomic mass is 10.1. The number of hydrogen-bond acceptors (Lipinski definition) is 3. The summed E-state index contributed by atoms with van der Waals surface area (Å²) in [5.41, 5.74) is 12.4. The van der Waals surface area contributed by atoms with Crippen molar-refractivity contribution in [2.24, 2.45) is 0 Å². The Hall–Kier alpha value is -2.80. The van der Waals surface area contributed by atoms with Crippen molar-refractivity contribution in [1.82, 2.24) is 9.55 Å². The van der Waals surface area contributed by atoms with Crippen LogP contribution in [-0.2, 0) is 0 Å². The van der Waals surface area contributed by atoms with E-state index in [1.807, 2.05) is 10.6 Å². The van der Waals surface area contributed by atoms with E-state index in [-0.39, 0.29) is 0 Å². The second-order valence-corrected chi connectivity index (χ2v) is 4.93. The van der Waals surface area contributed by atoms with Crippen LogP contribution in [0.1, 0.15) is 16.7 Å². The van der Waals surface area contributed by atoms with E-state index in [1.165, 1.54) is 11.1 Å². The van der Waals surface area contributed by atoms with Gasteiger partial charge in [-0.2, -0.15) is 5.26 Å². The molecule has 0 bridgehead atoms. The zero-order chi connectivity index (χ0) is 14.3. The van der Waals surface area contributed by atoms with E-state index < -0.39 is 0 Å². The minimum Gasteiger partial charge on any atom is -0.397 e. The van der Waals surface area contributed by atoms with Crippen molar-refractivity contribution in [1.29, 1.82) is 5.26 Å². The van der Waals surface area contributed by atoms with E-state index in [2.05, 4.69) is 37.0 Å². The molecule has 2 N–H and O–H groups in total. The van der Waals surface area contributed by atoms with Crippen LogP contribution in [0.5, 0.6) is 0 Å². The molecular formula is C16H14N4. The minimum absolute atomic E-state index is 0.558.